The third-order valence-corrected chi connectivity index (χ3v) is 5.06. The molecule has 1 amide bonds. The highest BCUT2D eigenvalue weighted by molar-refractivity contribution is 5.96. The molecule has 29 heavy (non-hydrogen) atoms. The maximum atomic E-state index is 12.6. The largest absolute Gasteiger partial charge is 0.496 e. The zero-order chi connectivity index (χ0) is 20.8. The van der Waals surface area contributed by atoms with Crippen LogP contribution in [0.2, 0.25) is 0 Å². The van der Waals surface area contributed by atoms with E-state index in [1.165, 1.54) is 26.4 Å². The molecule has 1 saturated heterocycles. The van der Waals surface area contributed by atoms with Crippen LogP contribution in [0.3, 0.4) is 0 Å². The average molecular weight is 399 g/mol. The molecule has 2 N–H and O–H groups in total. The molecule has 3 rings (SSSR count). The van der Waals surface area contributed by atoms with Crippen LogP contribution in [0.5, 0.6) is 11.5 Å². The number of carboxylic acid groups (broad SMARTS) is 1. The highest BCUT2D eigenvalue weighted by Gasteiger charge is 2.19. The van der Waals surface area contributed by atoms with E-state index >= 15 is 0 Å². The third kappa shape index (κ3) is 4.86. The molecular weight excluding hydrogens is 374 g/mol. The smallest absolute Gasteiger partial charge is 0.335 e. The predicted octanol–water partition coefficient (Wildman–Crippen LogP) is 3.23. The van der Waals surface area contributed by atoms with E-state index in [2.05, 4.69) is 5.32 Å². The quantitative estimate of drug-likeness (QED) is 0.742. The summed E-state index contributed by atoms with van der Waals surface area (Å²) in [5.41, 5.74) is 1.88. The first-order chi connectivity index (χ1) is 14.0. The Bertz CT molecular complexity index is 864. The van der Waals surface area contributed by atoms with Gasteiger partial charge in [0.05, 0.1) is 25.3 Å². The number of nitrogens with one attached hydrogen (secondary N) is 1. The molecule has 0 radical (unpaired) electrons. The molecule has 1 aliphatic heterocycles. The monoisotopic (exact) mass is 399 g/mol. The van der Waals surface area contributed by atoms with Gasteiger partial charge >= 0.3 is 5.97 Å². The van der Waals surface area contributed by atoms with Crippen LogP contribution >= 0.6 is 0 Å². The molecule has 2 aromatic rings. The molecule has 0 spiro atoms. The number of carbonyl (C=O) groups excluding carboxylic acids is 1. The summed E-state index contributed by atoms with van der Waals surface area (Å²) in [4.78, 5) is 24.0. The van der Waals surface area contributed by atoms with Crippen LogP contribution in [0.4, 0.5) is 0 Å². The number of rotatable bonds is 7. The summed E-state index contributed by atoms with van der Waals surface area (Å²) in [6, 6.07) is 9.99. The van der Waals surface area contributed by atoms with Gasteiger partial charge < -0.3 is 24.6 Å². The van der Waals surface area contributed by atoms with E-state index in [0.717, 1.165) is 26.1 Å². The maximum Gasteiger partial charge on any atom is 0.335 e. The van der Waals surface area contributed by atoms with Crippen molar-refractivity contribution in [1.29, 1.82) is 0 Å². The van der Waals surface area contributed by atoms with E-state index in [1.54, 1.807) is 18.2 Å². The Morgan fingerprint density at radius 3 is 2.31 bits per heavy atom. The molecule has 154 valence electrons. The second-order valence-electron chi connectivity index (χ2n) is 6.91. The summed E-state index contributed by atoms with van der Waals surface area (Å²) in [5.74, 6) is -0.0736. The van der Waals surface area contributed by atoms with Crippen LogP contribution in [0.25, 0.3) is 11.1 Å². The van der Waals surface area contributed by atoms with E-state index in [1.807, 2.05) is 6.07 Å². The lowest BCUT2D eigenvalue weighted by Gasteiger charge is -2.22. The molecule has 0 bridgehead atoms. The number of carbonyl (C=O) groups is 2. The SMILES string of the molecule is COc1cc(C(=O)O)cc(OC)c1-c1cccc(C(=O)NCC2CCOCC2)c1. The van der Waals surface area contributed by atoms with Crippen molar-refractivity contribution in [3.63, 3.8) is 0 Å². The van der Waals surface area contributed by atoms with Crippen molar-refractivity contribution in [3.05, 3.63) is 47.5 Å². The Morgan fingerprint density at radius 1 is 1.07 bits per heavy atom. The average Bonchev–Trinajstić information content (AvgIpc) is 2.77. The number of hydrogen-bond acceptors (Lipinski definition) is 5. The van der Waals surface area contributed by atoms with Crippen LogP contribution in [0.1, 0.15) is 33.6 Å². The van der Waals surface area contributed by atoms with Gasteiger partial charge in [-0.1, -0.05) is 12.1 Å². The van der Waals surface area contributed by atoms with Gasteiger partial charge in [0.15, 0.2) is 0 Å². The van der Waals surface area contributed by atoms with E-state index in [-0.39, 0.29) is 11.5 Å². The predicted molar refractivity (Wildman–Crippen MR) is 108 cm³/mol. The lowest BCUT2D eigenvalue weighted by molar-refractivity contribution is 0.0642. The van der Waals surface area contributed by atoms with Crippen LogP contribution in [0.15, 0.2) is 36.4 Å². The Kier molecular flexibility index (Phi) is 6.72. The Balaban J connectivity index is 1.86. The van der Waals surface area contributed by atoms with Gasteiger partial charge in [0, 0.05) is 25.3 Å². The summed E-state index contributed by atoms with van der Waals surface area (Å²) in [6.45, 7) is 2.09. The minimum atomic E-state index is -1.07. The minimum Gasteiger partial charge on any atom is -0.496 e. The summed E-state index contributed by atoms with van der Waals surface area (Å²) >= 11 is 0. The molecule has 0 aromatic heterocycles. The Labute approximate surface area is 169 Å². The first-order valence-corrected chi connectivity index (χ1v) is 9.49. The molecule has 0 atom stereocenters. The van der Waals surface area contributed by atoms with Crippen molar-refractivity contribution >= 4 is 11.9 Å². The summed E-state index contributed by atoms with van der Waals surface area (Å²) in [6.07, 6.45) is 1.90. The van der Waals surface area contributed by atoms with Gasteiger partial charge in [-0.3, -0.25) is 4.79 Å². The van der Waals surface area contributed by atoms with Gasteiger partial charge in [0.1, 0.15) is 11.5 Å². The van der Waals surface area contributed by atoms with E-state index in [0.29, 0.717) is 40.7 Å². The number of benzene rings is 2. The fourth-order valence-electron chi connectivity index (χ4n) is 3.43. The number of aromatic carboxylic acids is 1. The molecule has 0 saturated carbocycles. The second kappa shape index (κ2) is 9.43. The topological polar surface area (TPSA) is 94.1 Å². The van der Waals surface area contributed by atoms with Crippen molar-refractivity contribution in [2.45, 2.75) is 12.8 Å². The minimum absolute atomic E-state index is 0.0628. The van der Waals surface area contributed by atoms with Crippen LogP contribution in [-0.2, 0) is 4.74 Å². The van der Waals surface area contributed by atoms with Crippen molar-refractivity contribution in [2.24, 2.45) is 5.92 Å². The van der Waals surface area contributed by atoms with Gasteiger partial charge in [0.25, 0.3) is 5.91 Å². The maximum absolute atomic E-state index is 12.6. The molecular formula is C22H25NO6. The highest BCUT2D eigenvalue weighted by Crippen LogP contribution is 2.40. The standard InChI is InChI=1S/C22H25NO6/c1-27-18-11-17(22(25)26)12-19(28-2)20(18)15-4-3-5-16(10-15)21(24)23-13-14-6-8-29-9-7-14/h3-5,10-12,14H,6-9,13H2,1-2H3,(H,23,24)(H,25,26). The van der Waals surface area contributed by atoms with E-state index in [4.69, 9.17) is 14.2 Å². The third-order valence-electron chi connectivity index (χ3n) is 5.06. The summed E-state index contributed by atoms with van der Waals surface area (Å²) in [7, 11) is 2.93. The molecule has 0 unspecified atom stereocenters. The summed E-state index contributed by atoms with van der Waals surface area (Å²) in [5, 5.41) is 12.3. The first-order valence-electron chi connectivity index (χ1n) is 9.49. The fourth-order valence-corrected chi connectivity index (χ4v) is 3.43. The molecule has 1 heterocycles. The van der Waals surface area contributed by atoms with Gasteiger partial charge in [-0.15, -0.1) is 0 Å². The molecule has 2 aromatic carbocycles. The van der Waals surface area contributed by atoms with Crippen LogP contribution in [-0.4, -0.2) is 51.0 Å². The van der Waals surface area contributed by atoms with Crippen LogP contribution in [0, 0.1) is 5.92 Å². The van der Waals surface area contributed by atoms with Gasteiger partial charge in [-0.25, -0.2) is 4.79 Å². The summed E-state index contributed by atoms with van der Waals surface area (Å²) < 4.78 is 16.2. The van der Waals surface area contributed by atoms with Crippen molar-refractivity contribution in [1.82, 2.24) is 5.32 Å². The van der Waals surface area contributed by atoms with Gasteiger partial charge in [0.2, 0.25) is 0 Å². The van der Waals surface area contributed by atoms with Crippen molar-refractivity contribution < 1.29 is 28.9 Å². The lowest BCUT2D eigenvalue weighted by atomic mass is 9.98. The Morgan fingerprint density at radius 2 is 1.72 bits per heavy atom. The highest BCUT2D eigenvalue weighted by atomic mass is 16.5. The number of hydrogen-bond donors (Lipinski definition) is 2. The van der Waals surface area contributed by atoms with Gasteiger partial charge in [-0.2, -0.15) is 0 Å². The number of amides is 1. The lowest BCUT2D eigenvalue weighted by Crippen LogP contribution is -2.32. The van der Waals surface area contributed by atoms with Crippen LogP contribution < -0.4 is 14.8 Å². The molecule has 1 fully saturated rings. The normalized spacial score (nSPS) is 14.3. The van der Waals surface area contributed by atoms with E-state index in [9.17, 15) is 14.7 Å². The second-order valence-corrected chi connectivity index (χ2v) is 6.91. The number of carboxylic acids is 1. The zero-order valence-corrected chi connectivity index (χ0v) is 16.6. The fraction of sp³-hybridized carbons (Fsp3) is 0.364. The molecule has 7 nitrogen and oxygen atoms in total. The zero-order valence-electron chi connectivity index (χ0n) is 16.6. The van der Waals surface area contributed by atoms with Crippen molar-refractivity contribution in [3.8, 4) is 22.6 Å². The first kappa shape index (κ1) is 20.7. The Hall–Kier alpha value is -3.06. The van der Waals surface area contributed by atoms with Crippen molar-refractivity contribution in [2.75, 3.05) is 34.0 Å². The number of ether oxygens (including phenoxy) is 3. The molecule has 1 aliphatic rings. The molecule has 7 heteroatoms. The van der Waals surface area contributed by atoms with Gasteiger partial charge in [-0.05, 0) is 48.6 Å². The number of methoxy groups -OCH3 is 2. The molecule has 0 aliphatic carbocycles. The van der Waals surface area contributed by atoms with E-state index < -0.39 is 5.97 Å².